The second-order valence-corrected chi connectivity index (χ2v) is 8.69. The van der Waals surface area contributed by atoms with Crippen molar-refractivity contribution in [1.29, 1.82) is 0 Å². The highest BCUT2D eigenvalue weighted by molar-refractivity contribution is 6.39. The molecule has 0 bridgehead atoms. The average Bonchev–Trinajstić information content (AvgIpc) is 2.88. The van der Waals surface area contributed by atoms with Crippen LogP contribution in [0.2, 0.25) is 0 Å². The molecule has 2 N–H and O–H groups in total. The van der Waals surface area contributed by atoms with Gasteiger partial charge >= 0.3 is 11.8 Å². The summed E-state index contributed by atoms with van der Waals surface area (Å²) in [5.74, 6) is -1.62. The Morgan fingerprint density at radius 1 is 0.971 bits per heavy atom. The van der Waals surface area contributed by atoms with Gasteiger partial charge in [-0.3, -0.25) is 19.5 Å². The van der Waals surface area contributed by atoms with Crippen molar-refractivity contribution in [2.45, 2.75) is 19.9 Å². The number of piperazine rings is 1. The third kappa shape index (κ3) is 5.84. The molecular formula is C27H30FN5O2. The number of pyridine rings is 1. The van der Waals surface area contributed by atoms with E-state index >= 15 is 0 Å². The van der Waals surface area contributed by atoms with E-state index in [-0.39, 0.29) is 18.4 Å². The summed E-state index contributed by atoms with van der Waals surface area (Å²) in [5, 5.41) is 5.49. The van der Waals surface area contributed by atoms with Gasteiger partial charge in [-0.15, -0.1) is 0 Å². The molecule has 1 fully saturated rings. The van der Waals surface area contributed by atoms with Gasteiger partial charge in [-0.25, -0.2) is 4.39 Å². The summed E-state index contributed by atoms with van der Waals surface area (Å²) in [6.45, 7) is 6.77. The Morgan fingerprint density at radius 2 is 1.74 bits per heavy atom. The molecule has 1 aliphatic rings. The van der Waals surface area contributed by atoms with Crippen molar-refractivity contribution in [2.24, 2.45) is 0 Å². The number of carbonyl (C=O) groups is 2. The van der Waals surface area contributed by atoms with Crippen molar-refractivity contribution in [1.82, 2.24) is 15.2 Å². The summed E-state index contributed by atoms with van der Waals surface area (Å²) >= 11 is 0. The van der Waals surface area contributed by atoms with Gasteiger partial charge in [-0.2, -0.15) is 0 Å². The van der Waals surface area contributed by atoms with E-state index in [0.29, 0.717) is 37.6 Å². The number of amides is 2. The molecule has 35 heavy (non-hydrogen) atoms. The number of nitrogens with one attached hydrogen (secondary N) is 2. The van der Waals surface area contributed by atoms with Gasteiger partial charge in [0.1, 0.15) is 5.82 Å². The molecule has 7 nitrogen and oxygen atoms in total. The van der Waals surface area contributed by atoms with Crippen LogP contribution >= 0.6 is 0 Å². The highest BCUT2D eigenvalue weighted by atomic mass is 19.1. The van der Waals surface area contributed by atoms with Gasteiger partial charge in [0, 0.05) is 50.8 Å². The topological polar surface area (TPSA) is 77.6 Å². The molecule has 0 saturated carbocycles. The Bertz CT molecular complexity index is 1180. The zero-order valence-electron chi connectivity index (χ0n) is 20.0. The number of carbonyl (C=O) groups excluding carboxylic acids is 2. The normalized spacial score (nSPS) is 14.9. The van der Waals surface area contributed by atoms with E-state index < -0.39 is 11.8 Å². The van der Waals surface area contributed by atoms with Gasteiger partial charge in [-0.05, 0) is 54.8 Å². The molecule has 8 heteroatoms. The van der Waals surface area contributed by atoms with Crippen LogP contribution in [0.1, 0.15) is 22.7 Å². The predicted octanol–water partition coefficient (Wildman–Crippen LogP) is 3.46. The van der Waals surface area contributed by atoms with E-state index in [9.17, 15) is 14.0 Å². The first-order chi connectivity index (χ1) is 16.9. The van der Waals surface area contributed by atoms with E-state index in [0.717, 1.165) is 16.7 Å². The van der Waals surface area contributed by atoms with Crippen molar-refractivity contribution in [3.63, 3.8) is 0 Å². The standard InChI is InChI=1S/C27H30FN5O2/c1-19-7-5-10-23(20(19)2)31-27(35)26(34)30-18-25(21-8-6-12-29-17-21)33-15-13-32(14-16-33)24-11-4-3-9-22(24)28/h3-12,17,25H,13-16,18H2,1-2H3,(H,30,34)(H,31,35). The van der Waals surface area contributed by atoms with Crippen molar-refractivity contribution in [2.75, 3.05) is 42.9 Å². The van der Waals surface area contributed by atoms with E-state index in [1.165, 1.54) is 6.07 Å². The molecule has 4 rings (SSSR count). The lowest BCUT2D eigenvalue weighted by molar-refractivity contribution is -0.136. The average molecular weight is 476 g/mol. The summed E-state index contributed by atoms with van der Waals surface area (Å²) in [6.07, 6.45) is 3.48. The smallest absolute Gasteiger partial charge is 0.313 e. The zero-order valence-corrected chi connectivity index (χ0v) is 20.0. The van der Waals surface area contributed by atoms with Crippen LogP contribution in [0.5, 0.6) is 0 Å². The Labute approximate surface area is 205 Å². The monoisotopic (exact) mass is 475 g/mol. The molecule has 0 aliphatic carbocycles. The Balaban J connectivity index is 1.40. The second kappa shape index (κ2) is 11.1. The first-order valence-corrected chi connectivity index (χ1v) is 11.7. The minimum Gasteiger partial charge on any atom is -0.367 e. The van der Waals surface area contributed by atoms with Gasteiger partial charge in [-0.1, -0.05) is 30.3 Å². The first-order valence-electron chi connectivity index (χ1n) is 11.7. The molecule has 1 atom stereocenters. The molecule has 0 spiro atoms. The fourth-order valence-electron chi connectivity index (χ4n) is 4.35. The number of aromatic nitrogens is 1. The van der Waals surface area contributed by atoms with Gasteiger partial charge in [0.15, 0.2) is 0 Å². The summed E-state index contributed by atoms with van der Waals surface area (Å²) in [5.41, 5.74) is 4.13. The number of anilines is 2. The third-order valence-electron chi connectivity index (χ3n) is 6.53. The maximum Gasteiger partial charge on any atom is 0.313 e. The quantitative estimate of drug-likeness (QED) is 0.534. The molecule has 1 aliphatic heterocycles. The second-order valence-electron chi connectivity index (χ2n) is 8.69. The van der Waals surface area contributed by atoms with Crippen LogP contribution in [0.25, 0.3) is 0 Å². The maximum atomic E-state index is 14.2. The molecule has 3 aromatic rings. The lowest BCUT2D eigenvalue weighted by Gasteiger charge is -2.40. The minimum atomic E-state index is -0.701. The summed E-state index contributed by atoms with van der Waals surface area (Å²) in [6, 6.07) is 16.0. The number of hydrogen-bond donors (Lipinski definition) is 2. The van der Waals surface area contributed by atoms with Gasteiger partial charge in [0.05, 0.1) is 11.7 Å². The van der Waals surface area contributed by atoms with Crippen LogP contribution < -0.4 is 15.5 Å². The Hall–Kier alpha value is -3.78. The lowest BCUT2D eigenvalue weighted by atomic mass is 10.1. The molecule has 1 unspecified atom stereocenters. The van der Waals surface area contributed by atoms with E-state index in [1.54, 1.807) is 30.6 Å². The lowest BCUT2D eigenvalue weighted by Crippen LogP contribution is -2.50. The number of rotatable bonds is 6. The van der Waals surface area contributed by atoms with Crippen LogP contribution in [-0.2, 0) is 9.59 Å². The van der Waals surface area contributed by atoms with E-state index in [4.69, 9.17) is 0 Å². The summed E-state index contributed by atoms with van der Waals surface area (Å²) in [7, 11) is 0. The SMILES string of the molecule is Cc1cccc(NC(=O)C(=O)NCC(c2cccnc2)N2CCN(c3ccccc3F)CC2)c1C. The Morgan fingerprint density at radius 3 is 2.46 bits per heavy atom. The van der Waals surface area contributed by atoms with Crippen molar-refractivity contribution in [3.8, 4) is 0 Å². The van der Waals surface area contributed by atoms with Crippen LogP contribution in [0.15, 0.2) is 67.0 Å². The maximum absolute atomic E-state index is 14.2. The van der Waals surface area contributed by atoms with Crippen molar-refractivity contribution in [3.05, 3.63) is 89.5 Å². The number of nitrogens with zero attached hydrogens (tertiary/aromatic N) is 3. The molecular weight excluding hydrogens is 445 g/mol. The fourth-order valence-corrected chi connectivity index (χ4v) is 4.35. The number of halogens is 1. The van der Waals surface area contributed by atoms with Crippen LogP contribution in [0.3, 0.4) is 0 Å². The molecule has 182 valence electrons. The van der Waals surface area contributed by atoms with Gasteiger partial charge in [0.25, 0.3) is 0 Å². The van der Waals surface area contributed by atoms with Crippen LogP contribution in [-0.4, -0.2) is 54.4 Å². The molecule has 0 radical (unpaired) electrons. The molecule has 2 aromatic carbocycles. The molecule has 1 saturated heterocycles. The highest BCUT2D eigenvalue weighted by Crippen LogP contribution is 2.25. The first kappa shape index (κ1) is 24.3. The third-order valence-corrected chi connectivity index (χ3v) is 6.53. The van der Waals surface area contributed by atoms with E-state index in [1.807, 2.05) is 49.1 Å². The summed E-state index contributed by atoms with van der Waals surface area (Å²) < 4.78 is 14.2. The van der Waals surface area contributed by atoms with Crippen molar-refractivity contribution >= 4 is 23.2 Å². The van der Waals surface area contributed by atoms with E-state index in [2.05, 4.69) is 20.5 Å². The number of aryl methyl sites for hydroxylation is 1. The van der Waals surface area contributed by atoms with Crippen LogP contribution in [0, 0.1) is 19.7 Å². The zero-order chi connectivity index (χ0) is 24.8. The number of para-hydroxylation sites is 1. The van der Waals surface area contributed by atoms with Gasteiger partial charge in [0.2, 0.25) is 0 Å². The van der Waals surface area contributed by atoms with Crippen LogP contribution in [0.4, 0.5) is 15.8 Å². The summed E-state index contributed by atoms with van der Waals surface area (Å²) in [4.78, 5) is 33.7. The number of benzene rings is 2. The molecule has 2 heterocycles. The molecule has 2 amide bonds. The van der Waals surface area contributed by atoms with Gasteiger partial charge < -0.3 is 15.5 Å². The van der Waals surface area contributed by atoms with Crippen molar-refractivity contribution < 1.29 is 14.0 Å². The fraction of sp³-hybridized carbons (Fsp3) is 0.296. The number of hydrogen-bond acceptors (Lipinski definition) is 5. The molecule has 1 aromatic heterocycles. The Kier molecular flexibility index (Phi) is 7.72. The predicted molar refractivity (Wildman–Crippen MR) is 135 cm³/mol. The largest absolute Gasteiger partial charge is 0.367 e. The minimum absolute atomic E-state index is 0.163. The highest BCUT2D eigenvalue weighted by Gasteiger charge is 2.27.